The Morgan fingerprint density at radius 3 is 2.36 bits per heavy atom. The van der Waals surface area contributed by atoms with Crippen molar-refractivity contribution in [3.8, 4) is 0 Å². The largest absolute Gasteiger partial charge is 0.369 e. The summed E-state index contributed by atoms with van der Waals surface area (Å²) in [5.41, 5.74) is 10.1. The monoisotopic (exact) mass is 223 g/mol. The molecule has 0 aliphatic carbocycles. The van der Waals surface area contributed by atoms with Crippen molar-refractivity contribution in [2.24, 2.45) is 11.5 Å². The Labute approximate surface area is 84.3 Å². The third kappa shape index (κ3) is 4.54. The van der Waals surface area contributed by atoms with Gasteiger partial charge in [0.1, 0.15) is 0 Å². The van der Waals surface area contributed by atoms with E-state index >= 15 is 0 Å². The SMILES string of the molecule is CCN(CC(N)=O)S(=O)(=O)CCCN. The van der Waals surface area contributed by atoms with Gasteiger partial charge >= 0.3 is 0 Å². The average Bonchev–Trinajstić information content (AvgIpc) is 2.10. The van der Waals surface area contributed by atoms with Crippen LogP contribution in [0, 0.1) is 0 Å². The zero-order valence-corrected chi connectivity index (χ0v) is 9.09. The van der Waals surface area contributed by atoms with Crippen molar-refractivity contribution < 1.29 is 13.2 Å². The number of rotatable bonds is 7. The van der Waals surface area contributed by atoms with E-state index in [4.69, 9.17) is 11.5 Å². The van der Waals surface area contributed by atoms with Gasteiger partial charge < -0.3 is 11.5 Å². The molecule has 0 heterocycles. The molecule has 1 amide bonds. The van der Waals surface area contributed by atoms with Crippen LogP contribution in [0.1, 0.15) is 13.3 Å². The Hall–Kier alpha value is -0.660. The van der Waals surface area contributed by atoms with Crippen molar-refractivity contribution in [1.29, 1.82) is 0 Å². The maximum absolute atomic E-state index is 11.5. The molecule has 0 fully saturated rings. The van der Waals surface area contributed by atoms with Gasteiger partial charge in [-0.05, 0) is 13.0 Å². The maximum Gasteiger partial charge on any atom is 0.232 e. The third-order valence-electron chi connectivity index (χ3n) is 1.68. The van der Waals surface area contributed by atoms with Crippen LogP contribution in [0.3, 0.4) is 0 Å². The molecule has 0 saturated heterocycles. The first-order valence-electron chi connectivity index (χ1n) is 4.40. The zero-order chi connectivity index (χ0) is 11.2. The van der Waals surface area contributed by atoms with Crippen LogP contribution >= 0.6 is 0 Å². The van der Waals surface area contributed by atoms with Crippen molar-refractivity contribution in [1.82, 2.24) is 4.31 Å². The molecule has 0 aliphatic heterocycles. The summed E-state index contributed by atoms with van der Waals surface area (Å²) in [6, 6.07) is 0. The second kappa shape index (κ2) is 5.94. The molecular weight excluding hydrogens is 206 g/mol. The predicted octanol–water partition coefficient (Wildman–Crippen LogP) is -1.53. The molecular formula is C7H17N3O3S. The van der Waals surface area contributed by atoms with Gasteiger partial charge in [-0.15, -0.1) is 0 Å². The van der Waals surface area contributed by atoms with Crippen molar-refractivity contribution in [3.05, 3.63) is 0 Å². The number of hydrogen-bond donors (Lipinski definition) is 2. The molecule has 84 valence electrons. The summed E-state index contributed by atoms with van der Waals surface area (Å²) < 4.78 is 24.1. The highest BCUT2D eigenvalue weighted by Crippen LogP contribution is 2.01. The lowest BCUT2D eigenvalue weighted by atomic mass is 10.5. The Morgan fingerprint density at radius 1 is 1.43 bits per heavy atom. The van der Waals surface area contributed by atoms with Crippen LogP contribution in [-0.2, 0) is 14.8 Å². The summed E-state index contributed by atoms with van der Waals surface area (Å²) in [6.07, 6.45) is 0.387. The van der Waals surface area contributed by atoms with Crippen LogP contribution < -0.4 is 11.5 Å². The Balaban J connectivity index is 4.41. The molecule has 7 heteroatoms. The molecule has 0 aromatic carbocycles. The normalized spacial score (nSPS) is 11.9. The molecule has 0 unspecified atom stereocenters. The number of nitrogens with two attached hydrogens (primary N) is 2. The number of primary amides is 1. The van der Waals surface area contributed by atoms with Crippen molar-refractivity contribution >= 4 is 15.9 Å². The number of carbonyl (C=O) groups is 1. The Morgan fingerprint density at radius 2 is 2.00 bits per heavy atom. The van der Waals surface area contributed by atoms with Gasteiger partial charge in [-0.3, -0.25) is 4.79 Å². The fourth-order valence-electron chi connectivity index (χ4n) is 0.975. The number of likely N-dealkylation sites (N-methyl/N-ethyl adjacent to an activating group) is 1. The van der Waals surface area contributed by atoms with E-state index in [1.165, 1.54) is 0 Å². The molecule has 4 N–H and O–H groups in total. The topological polar surface area (TPSA) is 106 Å². The summed E-state index contributed by atoms with van der Waals surface area (Å²) in [7, 11) is -3.38. The smallest absolute Gasteiger partial charge is 0.232 e. The van der Waals surface area contributed by atoms with E-state index in [-0.39, 0.29) is 18.8 Å². The summed E-state index contributed by atoms with van der Waals surface area (Å²) in [5, 5.41) is 0. The predicted molar refractivity (Wildman–Crippen MR) is 53.9 cm³/mol. The van der Waals surface area contributed by atoms with Gasteiger partial charge in [-0.25, -0.2) is 8.42 Å². The molecule has 0 atom stereocenters. The van der Waals surface area contributed by atoms with E-state index in [0.717, 1.165) is 4.31 Å². The second-order valence-corrected chi connectivity index (χ2v) is 4.94. The summed E-state index contributed by atoms with van der Waals surface area (Å²) in [6.45, 7) is 1.95. The minimum atomic E-state index is -3.38. The highest BCUT2D eigenvalue weighted by molar-refractivity contribution is 7.89. The molecule has 6 nitrogen and oxygen atoms in total. The first kappa shape index (κ1) is 13.3. The average molecular weight is 223 g/mol. The quantitative estimate of drug-likeness (QED) is 0.546. The lowest BCUT2D eigenvalue weighted by Crippen LogP contribution is -2.39. The van der Waals surface area contributed by atoms with Gasteiger partial charge in [-0.1, -0.05) is 6.92 Å². The standard InChI is InChI=1S/C7H17N3O3S/c1-2-10(6-7(9)11)14(12,13)5-3-4-8/h2-6,8H2,1H3,(H2,9,11). The minimum absolute atomic E-state index is 0.0371. The summed E-state index contributed by atoms with van der Waals surface area (Å²) >= 11 is 0. The van der Waals surface area contributed by atoms with E-state index in [9.17, 15) is 13.2 Å². The van der Waals surface area contributed by atoms with E-state index in [1.54, 1.807) is 6.92 Å². The van der Waals surface area contributed by atoms with E-state index in [1.807, 2.05) is 0 Å². The number of carbonyl (C=O) groups excluding carboxylic acids is 1. The lowest BCUT2D eigenvalue weighted by Gasteiger charge is -2.18. The van der Waals surface area contributed by atoms with E-state index in [2.05, 4.69) is 0 Å². The van der Waals surface area contributed by atoms with Crippen molar-refractivity contribution in [3.63, 3.8) is 0 Å². The van der Waals surface area contributed by atoms with Gasteiger partial charge in [0.15, 0.2) is 0 Å². The highest BCUT2D eigenvalue weighted by Gasteiger charge is 2.20. The third-order valence-corrected chi connectivity index (χ3v) is 3.66. The van der Waals surface area contributed by atoms with Crippen LogP contribution in [0.5, 0.6) is 0 Å². The van der Waals surface area contributed by atoms with Crippen molar-refractivity contribution in [2.45, 2.75) is 13.3 Å². The number of hydrogen-bond acceptors (Lipinski definition) is 4. The summed E-state index contributed by atoms with van der Waals surface area (Å²) in [4.78, 5) is 10.6. The maximum atomic E-state index is 11.5. The van der Waals surface area contributed by atoms with Crippen LogP contribution in [0.2, 0.25) is 0 Å². The fourth-order valence-corrected chi connectivity index (χ4v) is 2.48. The zero-order valence-electron chi connectivity index (χ0n) is 8.27. The van der Waals surface area contributed by atoms with Gasteiger partial charge in [0.05, 0.1) is 12.3 Å². The summed E-state index contributed by atoms with van der Waals surface area (Å²) in [5.74, 6) is -0.687. The highest BCUT2D eigenvalue weighted by atomic mass is 32.2. The van der Waals surface area contributed by atoms with Gasteiger partial charge in [-0.2, -0.15) is 4.31 Å². The molecule has 0 spiro atoms. The molecule has 14 heavy (non-hydrogen) atoms. The fraction of sp³-hybridized carbons (Fsp3) is 0.857. The minimum Gasteiger partial charge on any atom is -0.369 e. The lowest BCUT2D eigenvalue weighted by molar-refractivity contribution is -0.118. The van der Waals surface area contributed by atoms with Gasteiger partial charge in [0, 0.05) is 6.54 Å². The van der Waals surface area contributed by atoms with E-state index < -0.39 is 15.9 Å². The molecule has 0 rings (SSSR count). The van der Waals surface area contributed by atoms with Crippen LogP contribution in [0.25, 0.3) is 0 Å². The molecule has 0 aromatic rings. The van der Waals surface area contributed by atoms with Crippen LogP contribution in [-0.4, -0.2) is 44.0 Å². The first-order valence-corrected chi connectivity index (χ1v) is 6.01. The molecule has 0 radical (unpaired) electrons. The second-order valence-electron chi connectivity index (χ2n) is 2.85. The first-order chi connectivity index (χ1) is 6.44. The Kier molecular flexibility index (Phi) is 5.66. The molecule has 0 saturated carbocycles. The van der Waals surface area contributed by atoms with Crippen LogP contribution in [0.4, 0.5) is 0 Å². The molecule has 0 aliphatic rings. The Bertz CT molecular complexity index is 276. The number of nitrogens with zero attached hydrogens (tertiary/aromatic N) is 1. The number of sulfonamides is 1. The van der Waals surface area contributed by atoms with E-state index in [0.29, 0.717) is 13.0 Å². The van der Waals surface area contributed by atoms with Gasteiger partial charge in [0.2, 0.25) is 15.9 Å². The van der Waals surface area contributed by atoms with Crippen LogP contribution in [0.15, 0.2) is 0 Å². The number of amides is 1. The van der Waals surface area contributed by atoms with Gasteiger partial charge in [0.25, 0.3) is 0 Å². The van der Waals surface area contributed by atoms with Crippen molar-refractivity contribution in [2.75, 3.05) is 25.4 Å². The molecule has 0 aromatic heterocycles. The molecule has 0 bridgehead atoms.